The van der Waals surface area contributed by atoms with E-state index < -0.39 is 0 Å². The molecule has 1 saturated heterocycles. The molecule has 4 rings (SSSR count). The molecule has 6 nitrogen and oxygen atoms in total. The van der Waals surface area contributed by atoms with Crippen molar-refractivity contribution < 1.29 is 4.79 Å². The van der Waals surface area contributed by atoms with Gasteiger partial charge in [0.1, 0.15) is 11.5 Å². The van der Waals surface area contributed by atoms with E-state index in [0.717, 1.165) is 30.2 Å². The van der Waals surface area contributed by atoms with Crippen molar-refractivity contribution in [3.8, 4) is 11.8 Å². The number of amides is 1. The van der Waals surface area contributed by atoms with E-state index in [-0.39, 0.29) is 5.91 Å². The number of nitrogens with zero attached hydrogens (tertiary/aromatic N) is 5. The van der Waals surface area contributed by atoms with E-state index in [9.17, 15) is 4.79 Å². The lowest BCUT2D eigenvalue weighted by Gasteiger charge is -2.35. The predicted molar refractivity (Wildman–Crippen MR) is 108 cm³/mol. The maximum Gasteiger partial charge on any atom is 0.254 e. The molecule has 1 fully saturated rings. The molecule has 1 aliphatic rings. The monoisotopic (exact) mass is 371 g/mol. The second-order valence-electron chi connectivity index (χ2n) is 6.69. The first-order valence-corrected chi connectivity index (χ1v) is 9.24. The van der Waals surface area contributed by atoms with Gasteiger partial charge in [0.25, 0.3) is 5.91 Å². The van der Waals surface area contributed by atoms with Crippen LogP contribution >= 0.6 is 0 Å². The number of aromatic nitrogens is 3. The van der Waals surface area contributed by atoms with Gasteiger partial charge >= 0.3 is 0 Å². The summed E-state index contributed by atoms with van der Waals surface area (Å²) < 4.78 is 1.86. The van der Waals surface area contributed by atoms with Gasteiger partial charge in [-0.05, 0) is 36.3 Å². The highest BCUT2D eigenvalue weighted by molar-refractivity contribution is 5.94. The summed E-state index contributed by atoms with van der Waals surface area (Å²) >= 11 is 0. The van der Waals surface area contributed by atoms with Crippen molar-refractivity contribution in [2.24, 2.45) is 7.05 Å². The summed E-state index contributed by atoms with van der Waals surface area (Å²) in [6.07, 6.45) is 5.24. The Bertz CT molecular complexity index is 1020. The lowest BCUT2D eigenvalue weighted by molar-refractivity contribution is 0.0746. The van der Waals surface area contributed by atoms with Crippen LogP contribution in [0.2, 0.25) is 0 Å². The normalized spacial score (nSPS) is 13.8. The Morgan fingerprint density at radius 3 is 2.61 bits per heavy atom. The SMILES string of the molecule is Cn1cncc1C#Cc1cccc(C(=O)N2CCN(c3ccccn3)CC2)c1. The summed E-state index contributed by atoms with van der Waals surface area (Å²) in [7, 11) is 1.90. The van der Waals surface area contributed by atoms with Crippen molar-refractivity contribution in [2.75, 3.05) is 31.1 Å². The lowest BCUT2D eigenvalue weighted by Crippen LogP contribution is -2.49. The third-order valence-corrected chi connectivity index (χ3v) is 4.80. The summed E-state index contributed by atoms with van der Waals surface area (Å²) in [5.41, 5.74) is 2.32. The number of carbonyl (C=O) groups excluding carboxylic acids is 1. The number of hydrogen-bond donors (Lipinski definition) is 0. The van der Waals surface area contributed by atoms with Crippen LogP contribution in [0.3, 0.4) is 0 Å². The van der Waals surface area contributed by atoms with Gasteiger partial charge in [-0.1, -0.05) is 18.1 Å². The standard InChI is InChI=1S/C22H21N5O/c1-25-17-23-16-20(25)9-8-18-5-4-6-19(15-18)22(28)27-13-11-26(12-14-27)21-7-2-3-10-24-21/h2-7,10,15-17H,11-14H2,1H3. The molecule has 6 heteroatoms. The first kappa shape index (κ1) is 17.8. The number of imidazole rings is 1. The second kappa shape index (κ2) is 7.97. The lowest BCUT2D eigenvalue weighted by atomic mass is 10.1. The van der Waals surface area contributed by atoms with Crippen LogP contribution in [0.5, 0.6) is 0 Å². The molecule has 0 spiro atoms. The van der Waals surface area contributed by atoms with Crippen LogP contribution in [0.15, 0.2) is 61.2 Å². The fraction of sp³-hybridized carbons (Fsp3) is 0.227. The molecule has 0 bridgehead atoms. The Morgan fingerprint density at radius 2 is 1.89 bits per heavy atom. The largest absolute Gasteiger partial charge is 0.353 e. The molecule has 0 N–H and O–H groups in total. The van der Waals surface area contributed by atoms with Crippen molar-refractivity contribution in [1.29, 1.82) is 0 Å². The Balaban J connectivity index is 1.43. The summed E-state index contributed by atoms with van der Waals surface area (Å²) in [4.78, 5) is 25.5. The van der Waals surface area contributed by atoms with Crippen LogP contribution in [0.25, 0.3) is 0 Å². The number of aryl methyl sites for hydroxylation is 1. The highest BCUT2D eigenvalue weighted by Gasteiger charge is 2.22. The van der Waals surface area contributed by atoms with Gasteiger partial charge in [-0.2, -0.15) is 0 Å². The van der Waals surface area contributed by atoms with Crippen molar-refractivity contribution in [1.82, 2.24) is 19.4 Å². The van der Waals surface area contributed by atoms with E-state index >= 15 is 0 Å². The summed E-state index contributed by atoms with van der Waals surface area (Å²) in [5.74, 6) is 7.21. The van der Waals surface area contributed by atoms with Gasteiger partial charge in [0.2, 0.25) is 0 Å². The Morgan fingerprint density at radius 1 is 1.04 bits per heavy atom. The molecule has 2 aromatic heterocycles. The minimum absolute atomic E-state index is 0.0462. The molecule has 1 aliphatic heterocycles. The molecule has 1 aromatic carbocycles. The van der Waals surface area contributed by atoms with E-state index in [1.807, 2.05) is 59.0 Å². The summed E-state index contributed by atoms with van der Waals surface area (Å²) in [5, 5.41) is 0. The fourth-order valence-electron chi connectivity index (χ4n) is 3.21. The minimum Gasteiger partial charge on any atom is -0.353 e. The molecule has 0 atom stereocenters. The predicted octanol–water partition coefficient (Wildman–Crippen LogP) is 2.18. The summed E-state index contributed by atoms with van der Waals surface area (Å²) in [6.45, 7) is 2.92. The number of piperazine rings is 1. The molecule has 28 heavy (non-hydrogen) atoms. The first-order chi connectivity index (χ1) is 13.7. The smallest absolute Gasteiger partial charge is 0.254 e. The van der Waals surface area contributed by atoms with E-state index in [0.29, 0.717) is 18.7 Å². The highest BCUT2D eigenvalue weighted by atomic mass is 16.2. The molecule has 1 amide bonds. The van der Waals surface area contributed by atoms with Crippen LogP contribution in [0, 0.1) is 11.8 Å². The zero-order valence-electron chi connectivity index (χ0n) is 15.7. The van der Waals surface area contributed by atoms with Crippen molar-refractivity contribution in [3.05, 3.63) is 78.0 Å². The van der Waals surface area contributed by atoms with Gasteiger partial charge in [-0.3, -0.25) is 4.79 Å². The Hall–Kier alpha value is -3.59. The molecular formula is C22H21N5O. The molecule has 0 radical (unpaired) electrons. The van der Waals surface area contributed by atoms with E-state index in [2.05, 4.69) is 26.7 Å². The van der Waals surface area contributed by atoms with Gasteiger partial charge in [0.05, 0.1) is 12.5 Å². The van der Waals surface area contributed by atoms with Gasteiger partial charge in [0, 0.05) is 50.6 Å². The Kier molecular flexibility index (Phi) is 5.07. The van der Waals surface area contributed by atoms with Crippen LogP contribution in [0.4, 0.5) is 5.82 Å². The van der Waals surface area contributed by atoms with Crippen molar-refractivity contribution in [2.45, 2.75) is 0 Å². The van der Waals surface area contributed by atoms with Crippen LogP contribution < -0.4 is 4.90 Å². The number of hydrogen-bond acceptors (Lipinski definition) is 4. The van der Waals surface area contributed by atoms with Crippen LogP contribution in [-0.4, -0.2) is 51.5 Å². The number of benzene rings is 1. The average Bonchev–Trinajstić information content (AvgIpc) is 3.17. The zero-order valence-corrected chi connectivity index (χ0v) is 15.7. The second-order valence-corrected chi connectivity index (χ2v) is 6.69. The molecule has 0 unspecified atom stereocenters. The molecule has 3 aromatic rings. The van der Waals surface area contributed by atoms with E-state index in [4.69, 9.17) is 0 Å². The van der Waals surface area contributed by atoms with Gasteiger partial charge in [0.15, 0.2) is 0 Å². The van der Waals surface area contributed by atoms with Crippen molar-refractivity contribution >= 4 is 11.7 Å². The zero-order chi connectivity index (χ0) is 19.3. The maximum absolute atomic E-state index is 12.9. The molecular weight excluding hydrogens is 350 g/mol. The Labute approximate surface area is 164 Å². The van der Waals surface area contributed by atoms with Gasteiger partial charge in [-0.15, -0.1) is 0 Å². The molecule has 0 aliphatic carbocycles. The number of carbonyl (C=O) groups is 1. The number of rotatable bonds is 2. The fourth-order valence-corrected chi connectivity index (χ4v) is 3.21. The van der Waals surface area contributed by atoms with Gasteiger partial charge < -0.3 is 14.4 Å². The highest BCUT2D eigenvalue weighted by Crippen LogP contribution is 2.15. The number of anilines is 1. The number of pyridine rings is 1. The quantitative estimate of drug-likeness (QED) is 0.648. The van der Waals surface area contributed by atoms with Gasteiger partial charge in [-0.25, -0.2) is 9.97 Å². The minimum atomic E-state index is 0.0462. The van der Waals surface area contributed by atoms with Crippen LogP contribution in [-0.2, 0) is 7.05 Å². The molecule has 3 heterocycles. The third-order valence-electron chi connectivity index (χ3n) is 4.80. The maximum atomic E-state index is 12.9. The van der Waals surface area contributed by atoms with E-state index in [1.165, 1.54) is 0 Å². The molecule has 140 valence electrons. The van der Waals surface area contributed by atoms with Crippen LogP contribution in [0.1, 0.15) is 21.6 Å². The molecule has 0 saturated carbocycles. The third kappa shape index (κ3) is 3.89. The average molecular weight is 371 g/mol. The van der Waals surface area contributed by atoms with Crippen molar-refractivity contribution in [3.63, 3.8) is 0 Å². The topological polar surface area (TPSA) is 54.3 Å². The first-order valence-electron chi connectivity index (χ1n) is 9.24. The van der Waals surface area contributed by atoms with E-state index in [1.54, 1.807) is 18.7 Å². The summed E-state index contributed by atoms with van der Waals surface area (Å²) in [6, 6.07) is 13.4.